The fourth-order valence-electron chi connectivity index (χ4n) is 3.06. The predicted molar refractivity (Wildman–Crippen MR) is 114 cm³/mol. The summed E-state index contributed by atoms with van der Waals surface area (Å²) in [4.78, 5) is 4.38. The van der Waals surface area contributed by atoms with Gasteiger partial charge in [0.2, 0.25) is 0 Å². The lowest BCUT2D eigenvalue weighted by Crippen LogP contribution is -2.35. The summed E-state index contributed by atoms with van der Waals surface area (Å²) in [6, 6.07) is 12.0. The zero-order valence-corrected chi connectivity index (χ0v) is 17.6. The van der Waals surface area contributed by atoms with Crippen LogP contribution in [0.2, 0.25) is 0 Å². The predicted octanol–water partition coefficient (Wildman–Crippen LogP) is 3.72. The fourth-order valence-corrected chi connectivity index (χ4v) is 3.06. The van der Waals surface area contributed by atoms with Crippen molar-refractivity contribution in [3.63, 3.8) is 0 Å². The van der Waals surface area contributed by atoms with E-state index in [0.29, 0.717) is 0 Å². The smallest absolute Gasteiger partial charge is 0.130 e. The molecule has 2 aromatic carbocycles. The zero-order chi connectivity index (χ0) is 20.1. The van der Waals surface area contributed by atoms with Gasteiger partial charge in [0.05, 0.1) is 6.04 Å². The standard InChI is InChI=1S/C22H26FN3O2.ClH/c1-15-7-8-16(2)20(11-15)28-14-19(27)13-25-21(22-24-9-10-26(22)3)17-5-4-6-18(23)12-17;/h4-12,19,21,25,27H,13-14H2,1-3H3;1H. The molecular formula is C22H27ClFN3O2. The van der Waals surface area contributed by atoms with Crippen LogP contribution in [0.15, 0.2) is 54.9 Å². The molecule has 3 aromatic rings. The normalized spacial score (nSPS) is 12.9. The number of ether oxygens (including phenoxy) is 1. The van der Waals surface area contributed by atoms with Crippen molar-refractivity contribution in [3.8, 4) is 5.75 Å². The van der Waals surface area contributed by atoms with Gasteiger partial charge in [-0.2, -0.15) is 0 Å². The van der Waals surface area contributed by atoms with Crippen LogP contribution in [0.4, 0.5) is 4.39 Å². The molecule has 0 aliphatic heterocycles. The molecule has 0 saturated carbocycles. The summed E-state index contributed by atoms with van der Waals surface area (Å²) in [6.07, 6.45) is 2.81. The largest absolute Gasteiger partial charge is 0.491 e. The molecule has 0 amide bonds. The van der Waals surface area contributed by atoms with Gasteiger partial charge in [0.15, 0.2) is 0 Å². The SMILES string of the molecule is Cc1ccc(C)c(OCC(O)CNC(c2cccc(F)c2)c2nccn2C)c1.Cl. The van der Waals surface area contributed by atoms with Crippen LogP contribution in [0.5, 0.6) is 5.75 Å². The van der Waals surface area contributed by atoms with Crippen molar-refractivity contribution in [2.45, 2.75) is 26.0 Å². The maximum atomic E-state index is 13.7. The molecule has 0 aliphatic rings. The van der Waals surface area contributed by atoms with Crippen molar-refractivity contribution in [3.05, 3.63) is 83.2 Å². The number of rotatable bonds is 8. The second-order valence-electron chi connectivity index (χ2n) is 7.03. The molecule has 0 aliphatic carbocycles. The molecule has 7 heteroatoms. The molecule has 0 bridgehead atoms. The van der Waals surface area contributed by atoms with Gasteiger partial charge in [0.25, 0.3) is 0 Å². The average Bonchev–Trinajstić information content (AvgIpc) is 3.08. The number of aromatic nitrogens is 2. The van der Waals surface area contributed by atoms with Gasteiger partial charge in [0, 0.05) is 26.0 Å². The Labute approximate surface area is 177 Å². The molecule has 0 fully saturated rings. The summed E-state index contributed by atoms with van der Waals surface area (Å²) in [5.41, 5.74) is 2.88. The molecule has 156 valence electrons. The van der Waals surface area contributed by atoms with Crippen molar-refractivity contribution in [1.82, 2.24) is 14.9 Å². The number of halogens is 2. The molecule has 29 heavy (non-hydrogen) atoms. The summed E-state index contributed by atoms with van der Waals surface area (Å²) >= 11 is 0. The summed E-state index contributed by atoms with van der Waals surface area (Å²) in [5.74, 6) is 1.20. The van der Waals surface area contributed by atoms with E-state index in [0.717, 1.165) is 28.3 Å². The second kappa shape index (κ2) is 10.4. The van der Waals surface area contributed by atoms with E-state index in [1.54, 1.807) is 12.3 Å². The average molecular weight is 420 g/mol. The highest BCUT2D eigenvalue weighted by Crippen LogP contribution is 2.22. The van der Waals surface area contributed by atoms with Crippen LogP contribution in [0.1, 0.15) is 28.6 Å². The minimum atomic E-state index is -0.726. The molecule has 1 aromatic heterocycles. The van der Waals surface area contributed by atoms with Gasteiger partial charge < -0.3 is 19.7 Å². The minimum absolute atomic E-state index is 0. The van der Waals surface area contributed by atoms with Crippen LogP contribution in [-0.4, -0.2) is 33.9 Å². The van der Waals surface area contributed by atoms with Crippen molar-refractivity contribution >= 4 is 12.4 Å². The molecule has 5 nitrogen and oxygen atoms in total. The summed E-state index contributed by atoms with van der Waals surface area (Å²) in [6.45, 7) is 4.41. The Morgan fingerprint density at radius 2 is 2.00 bits per heavy atom. The van der Waals surface area contributed by atoms with Crippen LogP contribution in [0, 0.1) is 19.7 Å². The third-order valence-electron chi connectivity index (χ3n) is 4.63. The van der Waals surface area contributed by atoms with Gasteiger partial charge in [-0.05, 0) is 48.7 Å². The Kier molecular flexibility index (Phi) is 8.20. The zero-order valence-electron chi connectivity index (χ0n) is 16.8. The van der Waals surface area contributed by atoms with E-state index in [4.69, 9.17) is 4.74 Å². The van der Waals surface area contributed by atoms with E-state index in [2.05, 4.69) is 10.3 Å². The van der Waals surface area contributed by atoms with Gasteiger partial charge in [-0.1, -0.05) is 24.3 Å². The maximum absolute atomic E-state index is 13.7. The van der Waals surface area contributed by atoms with Gasteiger partial charge in [-0.3, -0.25) is 0 Å². The highest BCUT2D eigenvalue weighted by molar-refractivity contribution is 5.85. The van der Waals surface area contributed by atoms with E-state index in [1.165, 1.54) is 12.1 Å². The van der Waals surface area contributed by atoms with Crippen LogP contribution in [-0.2, 0) is 7.05 Å². The molecule has 0 saturated heterocycles. The number of nitrogens with zero attached hydrogens (tertiary/aromatic N) is 2. The molecule has 2 unspecified atom stereocenters. The summed E-state index contributed by atoms with van der Waals surface area (Å²) in [7, 11) is 1.89. The number of aliphatic hydroxyl groups excluding tert-OH is 1. The third-order valence-corrected chi connectivity index (χ3v) is 4.63. The lowest BCUT2D eigenvalue weighted by Gasteiger charge is -2.21. The molecule has 2 atom stereocenters. The number of aliphatic hydroxyl groups is 1. The molecule has 0 spiro atoms. The lowest BCUT2D eigenvalue weighted by molar-refractivity contribution is 0.104. The van der Waals surface area contributed by atoms with E-state index in [9.17, 15) is 9.50 Å². The Balaban J connectivity index is 0.00000300. The van der Waals surface area contributed by atoms with E-state index in [-0.39, 0.29) is 37.4 Å². The van der Waals surface area contributed by atoms with Crippen LogP contribution >= 0.6 is 12.4 Å². The van der Waals surface area contributed by atoms with Crippen molar-refractivity contribution < 1.29 is 14.2 Å². The second-order valence-corrected chi connectivity index (χ2v) is 7.03. The topological polar surface area (TPSA) is 59.3 Å². The van der Waals surface area contributed by atoms with E-state index >= 15 is 0 Å². The number of nitrogens with one attached hydrogen (secondary N) is 1. The first-order valence-electron chi connectivity index (χ1n) is 9.28. The first-order chi connectivity index (χ1) is 13.4. The number of hydrogen-bond acceptors (Lipinski definition) is 4. The van der Waals surface area contributed by atoms with E-state index in [1.807, 2.05) is 55.9 Å². The van der Waals surface area contributed by atoms with Gasteiger partial charge >= 0.3 is 0 Å². The van der Waals surface area contributed by atoms with Crippen molar-refractivity contribution in [2.24, 2.45) is 7.05 Å². The number of imidazole rings is 1. The first kappa shape index (κ1) is 22.9. The number of aryl methyl sites for hydroxylation is 3. The summed E-state index contributed by atoms with van der Waals surface area (Å²) < 4.78 is 21.4. The summed E-state index contributed by atoms with van der Waals surface area (Å²) in [5, 5.41) is 13.7. The van der Waals surface area contributed by atoms with Crippen LogP contribution in [0.3, 0.4) is 0 Å². The highest BCUT2D eigenvalue weighted by atomic mass is 35.5. The molecule has 0 radical (unpaired) electrons. The molecular weight excluding hydrogens is 393 g/mol. The number of benzene rings is 2. The van der Waals surface area contributed by atoms with Crippen molar-refractivity contribution in [2.75, 3.05) is 13.2 Å². The maximum Gasteiger partial charge on any atom is 0.130 e. The fraction of sp³-hybridized carbons (Fsp3) is 0.318. The Morgan fingerprint density at radius 3 is 2.69 bits per heavy atom. The molecule has 3 rings (SSSR count). The van der Waals surface area contributed by atoms with Crippen molar-refractivity contribution in [1.29, 1.82) is 0 Å². The van der Waals surface area contributed by atoms with Gasteiger partial charge in [0.1, 0.15) is 30.1 Å². The Bertz CT molecular complexity index is 932. The first-order valence-corrected chi connectivity index (χ1v) is 9.28. The van der Waals surface area contributed by atoms with Gasteiger partial charge in [-0.15, -0.1) is 12.4 Å². The van der Waals surface area contributed by atoms with E-state index < -0.39 is 6.10 Å². The monoisotopic (exact) mass is 419 g/mol. The molecule has 1 heterocycles. The third kappa shape index (κ3) is 6.03. The lowest BCUT2D eigenvalue weighted by atomic mass is 10.1. The quantitative estimate of drug-likeness (QED) is 0.584. The minimum Gasteiger partial charge on any atom is -0.491 e. The highest BCUT2D eigenvalue weighted by Gasteiger charge is 2.20. The Hall–Kier alpha value is -2.41. The Morgan fingerprint density at radius 1 is 1.21 bits per heavy atom. The molecule has 2 N–H and O–H groups in total. The van der Waals surface area contributed by atoms with Crippen LogP contribution < -0.4 is 10.1 Å². The van der Waals surface area contributed by atoms with Crippen LogP contribution in [0.25, 0.3) is 0 Å². The van der Waals surface area contributed by atoms with Gasteiger partial charge in [-0.25, -0.2) is 9.37 Å². The number of hydrogen-bond donors (Lipinski definition) is 2.